The number of benzene rings is 3. The molecule has 3 aromatic carbocycles. The van der Waals surface area contributed by atoms with Crippen molar-refractivity contribution in [3.63, 3.8) is 0 Å². The summed E-state index contributed by atoms with van der Waals surface area (Å²) in [5.41, 5.74) is 1.49. The molecule has 0 saturated carbocycles. The molecule has 1 saturated heterocycles. The van der Waals surface area contributed by atoms with Crippen LogP contribution in [0.2, 0.25) is 0 Å². The fourth-order valence-electron chi connectivity index (χ4n) is 4.39. The van der Waals surface area contributed by atoms with E-state index in [2.05, 4.69) is 0 Å². The standard InChI is InChI=1S/C25H24O5S/c26-17-22-23(21(25(27)30-22)16-18-10-4-1-5-11-18)24(19-12-6-2-7-13-19)31(28,29)20-14-8-3-9-15-20/h1-15,21-24,26H,16-17H2/t21-,22-,23+,24-/m1/s1. The molecule has 0 aromatic heterocycles. The number of esters is 1. The van der Waals surface area contributed by atoms with Crippen LogP contribution < -0.4 is 0 Å². The Labute approximate surface area is 182 Å². The number of hydrogen-bond acceptors (Lipinski definition) is 5. The van der Waals surface area contributed by atoms with Crippen LogP contribution in [0.3, 0.4) is 0 Å². The van der Waals surface area contributed by atoms with E-state index >= 15 is 0 Å². The van der Waals surface area contributed by atoms with Gasteiger partial charge >= 0.3 is 5.97 Å². The Morgan fingerprint density at radius 3 is 1.97 bits per heavy atom. The summed E-state index contributed by atoms with van der Waals surface area (Å²) in [4.78, 5) is 13.0. The van der Waals surface area contributed by atoms with Gasteiger partial charge in [0.1, 0.15) is 6.10 Å². The Balaban J connectivity index is 1.84. The molecule has 0 spiro atoms. The second-order valence-electron chi connectivity index (χ2n) is 7.72. The monoisotopic (exact) mass is 436 g/mol. The zero-order chi connectivity index (χ0) is 21.8. The molecule has 31 heavy (non-hydrogen) atoms. The molecular weight excluding hydrogens is 412 g/mol. The number of ether oxygens (including phenoxy) is 1. The Kier molecular flexibility index (Phi) is 6.20. The lowest BCUT2D eigenvalue weighted by molar-refractivity contribution is -0.145. The summed E-state index contributed by atoms with van der Waals surface area (Å²) in [6.07, 6.45) is -0.556. The van der Waals surface area contributed by atoms with Gasteiger partial charge in [0, 0.05) is 5.92 Å². The molecule has 0 amide bonds. The van der Waals surface area contributed by atoms with Crippen molar-refractivity contribution in [1.82, 2.24) is 0 Å². The minimum atomic E-state index is -3.87. The first kappa shape index (κ1) is 21.3. The number of carbonyl (C=O) groups excluding carboxylic acids is 1. The SMILES string of the molecule is O=C1O[C@H](CO)[C@@H]([C@@H](c2ccccc2)S(=O)(=O)c2ccccc2)[C@H]1Cc1ccccc1. The molecule has 5 nitrogen and oxygen atoms in total. The van der Waals surface area contributed by atoms with Crippen molar-refractivity contribution < 1.29 is 23.1 Å². The summed E-state index contributed by atoms with van der Waals surface area (Å²) >= 11 is 0. The average molecular weight is 437 g/mol. The van der Waals surface area contributed by atoms with Crippen molar-refractivity contribution in [1.29, 1.82) is 0 Å². The van der Waals surface area contributed by atoms with Crippen LogP contribution in [0.25, 0.3) is 0 Å². The minimum Gasteiger partial charge on any atom is -0.459 e. The highest BCUT2D eigenvalue weighted by molar-refractivity contribution is 7.91. The maximum absolute atomic E-state index is 13.8. The van der Waals surface area contributed by atoms with Gasteiger partial charge < -0.3 is 9.84 Å². The molecule has 3 aromatic rings. The summed E-state index contributed by atoms with van der Waals surface area (Å²) in [5.74, 6) is -1.90. The predicted octanol–water partition coefficient (Wildman–Crippen LogP) is 3.59. The Morgan fingerprint density at radius 1 is 0.839 bits per heavy atom. The molecule has 0 radical (unpaired) electrons. The van der Waals surface area contributed by atoms with Crippen molar-refractivity contribution in [2.24, 2.45) is 11.8 Å². The van der Waals surface area contributed by atoms with Crippen LogP contribution in [0.5, 0.6) is 0 Å². The molecule has 0 unspecified atom stereocenters. The van der Waals surface area contributed by atoms with Gasteiger partial charge in [-0.3, -0.25) is 4.79 Å². The fraction of sp³-hybridized carbons (Fsp3) is 0.240. The maximum atomic E-state index is 13.8. The zero-order valence-electron chi connectivity index (χ0n) is 16.9. The molecule has 160 valence electrons. The fourth-order valence-corrected chi connectivity index (χ4v) is 6.52. The summed E-state index contributed by atoms with van der Waals surface area (Å²) < 4.78 is 33.2. The van der Waals surface area contributed by atoms with Crippen LogP contribution in [0.1, 0.15) is 16.4 Å². The lowest BCUT2D eigenvalue weighted by atomic mass is 9.81. The van der Waals surface area contributed by atoms with E-state index in [1.165, 1.54) is 0 Å². The third-order valence-electron chi connectivity index (χ3n) is 5.83. The van der Waals surface area contributed by atoms with Crippen LogP contribution in [0.4, 0.5) is 0 Å². The molecule has 4 atom stereocenters. The highest BCUT2D eigenvalue weighted by Crippen LogP contribution is 2.46. The van der Waals surface area contributed by atoms with E-state index in [1.54, 1.807) is 54.6 Å². The Bertz CT molecular complexity index is 1110. The van der Waals surface area contributed by atoms with E-state index < -0.39 is 45.6 Å². The quantitative estimate of drug-likeness (QED) is 0.573. The molecule has 1 aliphatic rings. The summed E-state index contributed by atoms with van der Waals surface area (Å²) in [5, 5.41) is 8.96. The largest absolute Gasteiger partial charge is 0.459 e. The van der Waals surface area contributed by atoms with Gasteiger partial charge in [0.05, 0.1) is 22.7 Å². The van der Waals surface area contributed by atoms with Crippen molar-refractivity contribution in [2.45, 2.75) is 22.7 Å². The van der Waals surface area contributed by atoms with Crippen molar-refractivity contribution in [3.05, 3.63) is 102 Å². The van der Waals surface area contributed by atoms with Gasteiger partial charge in [-0.15, -0.1) is 0 Å². The number of sulfone groups is 1. The first-order valence-corrected chi connectivity index (χ1v) is 11.8. The highest BCUT2D eigenvalue weighted by Gasteiger charge is 2.52. The number of aliphatic hydroxyl groups is 1. The molecule has 1 N–H and O–H groups in total. The summed E-state index contributed by atoms with van der Waals surface area (Å²) in [7, 11) is -3.87. The summed E-state index contributed by atoms with van der Waals surface area (Å²) in [6.45, 7) is -0.435. The molecule has 4 rings (SSSR count). The van der Waals surface area contributed by atoms with Gasteiger partial charge in [-0.05, 0) is 29.7 Å². The number of hydrogen-bond donors (Lipinski definition) is 1. The smallest absolute Gasteiger partial charge is 0.310 e. The molecule has 1 fully saturated rings. The molecule has 1 heterocycles. The van der Waals surface area contributed by atoms with Crippen LogP contribution in [0, 0.1) is 11.8 Å². The van der Waals surface area contributed by atoms with E-state index in [1.807, 2.05) is 36.4 Å². The number of cyclic esters (lactones) is 1. The molecule has 6 heteroatoms. The first-order chi connectivity index (χ1) is 15.0. The molecule has 0 aliphatic carbocycles. The van der Waals surface area contributed by atoms with Crippen molar-refractivity contribution >= 4 is 15.8 Å². The van der Waals surface area contributed by atoms with Crippen molar-refractivity contribution in [2.75, 3.05) is 6.61 Å². The van der Waals surface area contributed by atoms with Crippen LogP contribution in [0.15, 0.2) is 95.9 Å². The Hall–Kier alpha value is -2.96. The molecule has 1 aliphatic heterocycles. The predicted molar refractivity (Wildman–Crippen MR) is 117 cm³/mol. The van der Waals surface area contributed by atoms with Gasteiger partial charge in [0.15, 0.2) is 9.84 Å². The summed E-state index contributed by atoms with van der Waals surface area (Å²) in [6, 6.07) is 26.6. The number of carbonyl (C=O) groups is 1. The van der Waals surface area contributed by atoms with E-state index in [4.69, 9.17) is 4.74 Å². The maximum Gasteiger partial charge on any atom is 0.310 e. The highest BCUT2D eigenvalue weighted by atomic mass is 32.2. The topological polar surface area (TPSA) is 80.7 Å². The zero-order valence-corrected chi connectivity index (χ0v) is 17.7. The average Bonchev–Trinajstić information content (AvgIpc) is 3.11. The third-order valence-corrected chi connectivity index (χ3v) is 8.01. The minimum absolute atomic E-state index is 0.179. The second kappa shape index (κ2) is 9.04. The lowest BCUT2D eigenvalue weighted by Gasteiger charge is -2.29. The number of aliphatic hydroxyl groups excluding tert-OH is 1. The molecular formula is C25H24O5S. The number of rotatable bonds is 7. The van der Waals surface area contributed by atoms with Gasteiger partial charge in [-0.25, -0.2) is 8.42 Å². The van der Waals surface area contributed by atoms with Gasteiger partial charge in [0.2, 0.25) is 0 Å². The first-order valence-electron chi connectivity index (χ1n) is 10.2. The van der Waals surface area contributed by atoms with Gasteiger partial charge in [-0.2, -0.15) is 0 Å². The van der Waals surface area contributed by atoms with E-state index in [0.29, 0.717) is 12.0 Å². The van der Waals surface area contributed by atoms with Crippen molar-refractivity contribution in [3.8, 4) is 0 Å². The van der Waals surface area contributed by atoms with Crippen LogP contribution in [-0.2, 0) is 25.8 Å². The van der Waals surface area contributed by atoms with Crippen LogP contribution in [-0.4, -0.2) is 32.2 Å². The Morgan fingerprint density at radius 2 is 1.39 bits per heavy atom. The second-order valence-corrected chi connectivity index (χ2v) is 9.79. The van der Waals surface area contributed by atoms with Crippen LogP contribution >= 0.6 is 0 Å². The van der Waals surface area contributed by atoms with E-state index in [-0.39, 0.29) is 4.90 Å². The third kappa shape index (κ3) is 4.27. The lowest BCUT2D eigenvalue weighted by Crippen LogP contribution is -2.35. The van der Waals surface area contributed by atoms with Gasteiger partial charge in [0.25, 0.3) is 0 Å². The van der Waals surface area contributed by atoms with E-state index in [9.17, 15) is 18.3 Å². The van der Waals surface area contributed by atoms with E-state index in [0.717, 1.165) is 5.56 Å². The molecule has 0 bridgehead atoms. The van der Waals surface area contributed by atoms with Gasteiger partial charge in [-0.1, -0.05) is 78.9 Å². The normalized spacial score (nSPS) is 22.1.